The van der Waals surface area contributed by atoms with Gasteiger partial charge in [0.1, 0.15) is 0 Å². The fourth-order valence-electron chi connectivity index (χ4n) is 2.14. The highest BCUT2D eigenvalue weighted by Crippen LogP contribution is 2.15. The molecule has 0 unspecified atom stereocenters. The third-order valence-electron chi connectivity index (χ3n) is 3.43. The van der Waals surface area contributed by atoms with Crippen molar-refractivity contribution in [3.63, 3.8) is 0 Å². The van der Waals surface area contributed by atoms with E-state index in [-0.39, 0.29) is 21.8 Å². The minimum atomic E-state index is -4.14. The number of hydrogen-bond acceptors (Lipinski definition) is 5. The molecule has 0 aliphatic heterocycles. The zero-order valence-corrected chi connectivity index (χ0v) is 14.9. The lowest BCUT2D eigenvalue weighted by Gasteiger charge is -2.10. The van der Waals surface area contributed by atoms with Gasteiger partial charge in [-0.25, -0.2) is 17.9 Å². The lowest BCUT2D eigenvalue weighted by Crippen LogP contribution is -2.31. The molecule has 0 saturated carbocycles. The summed E-state index contributed by atoms with van der Waals surface area (Å²) in [5.41, 5.74) is 0.489. The van der Waals surface area contributed by atoms with E-state index in [4.69, 9.17) is 0 Å². The highest BCUT2D eigenvalue weighted by atomic mass is 32.2. The number of nitrogens with one attached hydrogen (secondary N) is 3. The lowest BCUT2D eigenvalue weighted by atomic mass is 10.0. The SMILES string of the molecule is CNC(=O)Nc1ccc(S(=O)(=O)NC(=O)c2ccccc2C(C)=O)cc1. The van der Waals surface area contributed by atoms with Crippen LogP contribution in [0, 0.1) is 0 Å². The topological polar surface area (TPSA) is 121 Å². The van der Waals surface area contributed by atoms with Gasteiger partial charge in [0.25, 0.3) is 15.9 Å². The van der Waals surface area contributed by atoms with Crippen molar-refractivity contribution in [2.45, 2.75) is 11.8 Å². The summed E-state index contributed by atoms with van der Waals surface area (Å²) in [5.74, 6) is -1.25. The number of carbonyl (C=O) groups excluding carboxylic acids is 3. The minimum absolute atomic E-state index is 0.0264. The summed E-state index contributed by atoms with van der Waals surface area (Å²) < 4.78 is 26.7. The van der Waals surface area contributed by atoms with Crippen molar-refractivity contribution in [1.29, 1.82) is 0 Å². The van der Waals surface area contributed by atoms with Crippen LogP contribution in [0.2, 0.25) is 0 Å². The van der Waals surface area contributed by atoms with Crippen LogP contribution in [0.15, 0.2) is 53.4 Å². The summed E-state index contributed by atoms with van der Waals surface area (Å²) in [7, 11) is -2.69. The molecular formula is C17H17N3O5S. The molecule has 8 nitrogen and oxygen atoms in total. The Labute approximate surface area is 150 Å². The van der Waals surface area contributed by atoms with Crippen LogP contribution in [0.4, 0.5) is 10.5 Å². The summed E-state index contributed by atoms with van der Waals surface area (Å²) in [6.07, 6.45) is 0. The number of sulfonamides is 1. The largest absolute Gasteiger partial charge is 0.341 e. The van der Waals surface area contributed by atoms with E-state index in [0.29, 0.717) is 5.69 Å². The molecule has 0 fully saturated rings. The van der Waals surface area contributed by atoms with Crippen molar-refractivity contribution >= 4 is 33.4 Å². The van der Waals surface area contributed by atoms with Crippen LogP contribution >= 0.6 is 0 Å². The van der Waals surface area contributed by atoms with Gasteiger partial charge in [-0.05, 0) is 37.3 Å². The molecule has 0 heterocycles. The molecule has 0 aromatic heterocycles. The van der Waals surface area contributed by atoms with Crippen molar-refractivity contribution < 1.29 is 22.8 Å². The number of anilines is 1. The second-order valence-corrected chi connectivity index (χ2v) is 6.95. The molecule has 0 atom stereocenters. The average Bonchev–Trinajstić information content (AvgIpc) is 2.61. The molecule has 0 radical (unpaired) electrons. The van der Waals surface area contributed by atoms with Gasteiger partial charge in [0, 0.05) is 18.3 Å². The van der Waals surface area contributed by atoms with Gasteiger partial charge >= 0.3 is 6.03 Å². The molecule has 0 saturated heterocycles. The molecule has 0 aliphatic carbocycles. The van der Waals surface area contributed by atoms with Gasteiger partial charge < -0.3 is 10.6 Å². The Hall–Kier alpha value is -3.20. The molecule has 0 bridgehead atoms. The highest BCUT2D eigenvalue weighted by Gasteiger charge is 2.21. The Kier molecular flexibility index (Phi) is 5.73. The molecule has 26 heavy (non-hydrogen) atoms. The first-order valence-corrected chi connectivity index (χ1v) is 8.99. The van der Waals surface area contributed by atoms with E-state index in [0.717, 1.165) is 0 Å². The van der Waals surface area contributed by atoms with E-state index in [2.05, 4.69) is 10.6 Å². The van der Waals surface area contributed by atoms with Crippen molar-refractivity contribution in [1.82, 2.24) is 10.0 Å². The first-order chi connectivity index (χ1) is 12.2. The second kappa shape index (κ2) is 7.79. The van der Waals surface area contributed by atoms with Gasteiger partial charge in [-0.15, -0.1) is 0 Å². The van der Waals surface area contributed by atoms with Gasteiger partial charge in [0.2, 0.25) is 0 Å². The van der Waals surface area contributed by atoms with Gasteiger partial charge in [-0.2, -0.15) is 0 Å². The van der Waals surface area contributed by atoms with Crippen LogP contribution in [-0.4, -0.2) is 33.2 Å². The number of hydrogen-bond donors (Lipinski definition) is 3. The maximum atomic E-state index is 12.4. The highest BCUT2D eigenvalue weighted by molar-refractivity contribution is 7.90. The Balaban J connectivity index is 2.22. The van der Waals surface area contributed by atoms with Crippen molar-refractivity contribution in [2.24, 2.45) is 0 Å². The Bertz CT molecular complexity index is 953. The van der Waals surface area contributed by atoms with E-state index in [1.807, 2.05) is 4.72 Å². The zero-order valence-electron chi connectivity index (χ0n) is 14.1. The van der Waals surface area contributed by atoms with Crippen LogP contribution in [0.1, 0.15) is 27.6 Å². The van der Waals surface area contributed by atoms with Crippen LogP contribution in [0.3, 0.4) is 0 Å². The molecule has 3 N–H and O–H groups in total. The third kappa shape index (κ3) is 4.45. The van der Waals surface area contributed by atoms with Crippen molar-refractivity contribution in [3.05, 3.63) is 59.7 Å². The van der Waals surface area contributed by atoms with Crippen molar-refractivity contribution in [2.75, 3.05) is 12.4 Å². The van der Waals surface area contributed by atoms with Crippen LogP contribution in [0.25, 0.3) is 0 Å². The smallest absolute Gasteiger partial charge is 0.318 e. The molecule has 0 spiro atoms. The number of Topliss-reactive ketones (excluding diaryl/α,β-unsaturated/α-hetero) is 1. The number of ketones is 1. The normalized spacial score (nSPS) is 10.7. The monoisotopic (exact) mass is 375 g/mol. The minimum Gasteiger partial charge on any atom is -0.341 e. The van der Waals surface area contributed by atoms with E-state index in [9.17, 15) is 22.8 Å². The first kappa shape index (κ1) is 19.1. The summed E-state index contributed by atoms with van der Waals surface area (Å²) in [4.78, 5) is 35.0. The number of rotatable bonds is 5. The summed E-state index contributed by atoms with van der Waals surface area (Å²) >= 11 is 0. The molecule has 2 aromatic carbocycles. The van der Waals surface area contributed by atoms with E-state index < -0.39 is 22.0 Å². The Morgan fingerprint density at radius 3 is 2.00 bits per heavy atom. The summed E-state index contributed by atoms with van der Waals surface area (Å²) in [6.45, 7) is 1.29. The summed E-state index contributed by atoms with van der Waals surface area (Å²) in [5, 5.41) is 4.85. The second-order valence-electron chi connectivity index (χ2n) is 5.26. The number of urea groups is 1. The van der Waals surface area contributed by atoms with Gasteiger partial charge in [0.15, 0.2) is 5.78 Å². The van der Waals surface area contributed by atoms with Gasteiger partial charge in [0.05, 0.1) is 10.5 Å². The number of benzene rings is 2. The average molecular weight is 375 g/mol. The number of amides is 3. The fraction of sp³-hybridized carbons (Fsp3) is 0.118. The predicted octanol–water partition coefficient (Wildman–Crippen LogP) is 1.76. The van der Waals surface area contributed by atoms with Gasteiger partial charge in [-0.1, -0.05) is 18.2 Å². The van der Waals surface area contributed by atoms with E-state index in [1.54, 1.807) is 6.07 Å². The Morgan fingerprint density at radius 2 is 1.46 bits per heavy atom. The maximum Gasteiger partial charge on any atom is 0.318 e. The van der Waals surface area contributed by atoms with Crippen LogP contribution in [0.5, 0.6) is 0 Å². The Morgan fingerprint density at radius 1 is 0.885 bits per heavy atom. The molecule has 136 valence electrons. The predicted molar refractivity (Wildman–Crippen MR) is 95.6 cm³/mol. The molecule has 9 heteroatoms. The lowest BCUT2D eigenvalue weighted by molar-refractivity contribution is 0.0960. The molecular weight excluding hydrogens is 358 g/mol. The quantitative estimate of drug-likeness (QED) is 0.688. The zero-order chi connectivity index (χ0) is 19.3. The van der Waals surface area contributed by atoms with Crippen LogP contribution < -0.4 is 15.4 Å². The molecule has 2 aromatic rings. The fourth-order valence-corrected chi connectivity index (χ4v) is 3.10. The summed E-state index contributed by atoms with van der Waals surface area (Å²) in [6, 6.07) is 10.8. The maximum absolute atomic E-state index is 12.4. The third-order valence-corrected chi connectivity index (χ3v) is 4.77. The van der Waals surface area contributed by atoms with Crippen LogP contribution in [-0.2, 0) is 10.0 Å². The van der Waals surface area contributed by atoms with E-state index >= 15 is 0 Å². The standard InChI is InChI=1S/C17H17N3O5S/c1-11(21)14-5-3-4-6-15(14)16(22)20-26(24,25)13-9-7-12(8-10-13)19-17(23)18-2/h3-10H,1-2H3,(H,20,22)(H2,18,19,23). The molecule has 3 amide bonds. The van der Waals surface area contributed by atoms with E-state index in [1.165, 1.54) is 56.4 Å². The molecule has 0 aliphatic rings. The molecule has 2 rings (SSSR count). The van der Waals surface area contributed by atoms with Gasteiger partial charge in [-0.3, -0.25) is 9.59 Å². The number of carbonyl (C=O) groups is 3. The van der Waals surface area contributed by atoms with Crippen molar-refractivity contribution in [3.8, 4) is 0 Å². The first-order valence-electron chi connectivity index (χ1n) is 7.50.